The molecule has 4 rings (SSSR count). The number of hydrogen-bond acceptors (Lipinski definition) is 5. The van der Waals surface area contributed by atoms with E-state index in [1.54, 1.807) is 6.20 Å². The molecule has 4 aromatic rings. The van der Waals surface area contributed by atoms with E-state index in [-0.39, 0.29) is 0 Å². The van der Waals surface area contributed by atoms with Crippen LogP contribution in [0.5, 0.6) is 0 Å². The van der Waals surface area contributed by atoms with Crippen LogP contribution in [0.25, 0.3) is 22.6 Å². The lowest BCUT2D eigenvalue weighted by Gasteiger charge is -2.19. The highest BCUT2D eigenvalue weighted by Crippen LogP contribution is 2.20. The second-order valence-electron chi connectivity index (χ2n) is 6.34. The van der Waals surface area contributed by atoms with Crippen molar-refractivity contribution in [3.8, 4) is 11.5 Å². The number of para-hydroxylation sites is 2. The molecule has 0 unspecified atom stereocenters. The van der Waals surface area contributed by atoms with E-state index < -0.39 is 0 Å². The number of benzene rings is 1. The summed E-state index contributed by atoms with van der Waals surface area (Å²) in [5.74, 6) is 2.48. The number of nitrogens with zero attached hydrogens (tertiary/aromatic N) is 6. The number of imidazole rings is 1. The maximum absolute atomic E-state index is 4.75. The van der Waals surface area contributed by atoms with Crippen LogP contribution in [0.3, 0.4) is 0 Å². The van der Waals surface area contributed by atoms with Gasteiger partial charge in [0.05, 0.1) is 17.6 Å². The highest BCUT2D eigenvalue weighted by molar-refractivity contribution is 5.75. The third-order valence-corrected chi connectivity index (χ3v) is 4.38. The summed E-state index contributed by atoms with van der Waals surface area (Å²) in [6, 6.07) is 15.9. The molecule has 0 aliphatic rings. The molecule has 0 aliphatic heterocycles. The molecule has 3 heterocycles. The van der Waals surface area contributed by atoms with E-state index in [9.17, 15) is 0 Å². The van der Waals surface area contributed by atoms with Crippen molar-refractivity contribution in [1.29, 1.82) is 0 Å². The van der Waals surface area contributed by atoms with Crippen LogP contribution < -0.4 is 4.90 Å². The minimum atomic E-state index is 0.637. The van der Waals surface area contributed by atoms with Gasteiger partial charge in [-0.1, -0.05) is 18.2 Å². The average Bonchev–Trinajstić information content (AvgIpc) is 2.98. The Morgan fingerprint density at radius 2 is 1.81 bits per heavy atom. The van der Waals surface area contributed by atoms with Gasteiger partial charge in [0, 0.05) is 32.1 Å². The van der Waals surface area contributed by atoms with Gasteiger partial charge in [-0.15, -0.1) is 0 Å². The number of rotatable bonds is 4. The first-order valence-electron chi connectivity index (χ1n) is 8.50. The fourth-order valence-electron chi connectivity index (χ4n) is 2.99. The molecule has 130 valence electrons. The average molecular weight is 344 g/mol. The SMILES string of the molecule is Cc1cc(N(C)Cc2nc3ccccc3n2C)nc(-c2ccccn2)n1. The van der Waals surface area contributed by atoms with Gasteiger partial charge in [-0.2, -0.15) is 0 Å². The predicted molar refractivity (Wildman–Crippen MR) is 103 cm³/mol. The molecular formula is C20H20N6. The first kappa shape index (κ1) is 16.2. The molecule has 0 saturated heterocycles. The van der Waals surface area contributed by atoms with Crippen LogP contribution in [0.2, 0.25) is 0 Å². The van der Waals surface area contributed by atoms with Crippen molar-refractivity contribution in [3.05, 3.63) is 66.2 Å². The molecule has 0 N–H and O–H groups in total. The lowest BCUT2D eigenvalue weighted by molar-refractivity contribution is 0.767. The molecular weight excluding hydrogens is 324 g/mol. The van der Waals surface area contributed by atoms with Crippen molar-refractivity contribution in [3.63, 3.8) is 0 Å². The van der Waals surface area contributed by atoms with Gasteiger partial charge < -0.3 is 9.47 Å². The summed E-state index contributed by atoms with van der Waals surface area (Å²) in [6.07, 6.45) is 1.75. The smallest absolute Gasteiger partial charge is 0.180 e. The Kier molecular flexibility index (Phi) is 4.08. The molecule has 0 bridgehead atoms. The standard InChI is InChI=1S/C20H20N6/c1-14-12-18(24-20(22-14)16-9-6-7-11-21-16)25(2)13-19-23-15-8-4-5-10-17(15)26(19)3/h4-12H,13H2,1-3H3. The summed E-state index contributed by atoms with van der Waals surface area (Å²) < 4.78 is 2.12. The molecule has 0 atom stereocenters. The molecule has 6 heteroatoms. The second kappa shape index (κ2) is 6.55. The number of aryl methyl sites for hydroxylation is 2. The first-order chi connectivity index (χ1) is 12.6. The second-order valence-corrected chi connectivity index (χ2v) is 6.34. The Hall–Kier alpha value is -3.28. The van der Waals surface area contributed by atoms with E-state index in [2.05, 4.69) is 25.5 Å². The fraction of sp³-hybridized carbons (Fsp3) is 0.200. The van der Waals surface area contributed by atoms with Crippen molar-refractivity contribution in [1.82, 2.24) is 24.5 Å². The summed E-state index contributed by atoms with van der Waals surface area (Å²) >= 11 is 0. The molecule has 1 aromatic carbocycles. The molecule has 0 saturated carbocycles. The topological polar surface area (TPSA) is 59.7 Å². The zero-order valence-electron chi connectivity index (χ0n) is 15.1. The van der Waals surface area contributed by atoms with Gasteiger partial charge in [0.2, 0.25) is 0 Å². The van der Waals surface area contributed by atoms with E-state index in [4.69, 9.17) is 9.97 Å². The highest BCUT2D eigenvalue weighted by Gasteiger charge is 2.13. The molecule has 3 aromatic heterocycles. The monoisotopic (exact) mass is 344 g/mol. The van der Waals surface area contributed by atoms with E-state index in [0.29, 0.717) is 12.4 Å². The van der Waals surface area contributed by atoms with E-state index in [1.807, 2.05) is 63.5 Å². The van der Waals surface area contributed by atoms with Crippen molar-refractivity contribution in [2.75, 3.05) is 11.9 Å². The van der Waals surface area contributed by atoms with Crippen molar-refractivity contribution >= 4 is 16.9 Å². The molecule has 6 nitrogen and oxygen atoms in total. The maximum atomic E-state index is 4.75. The largest absolute Gasteiger partial charge is 0.352 e. The third-order valence-electron chi connectivity index (χ3n) is 4.38. The highest BCUT2D eigenvalue weighted by atomic mass is 15.2. The summed E-state index contributed by atoms with van der Waals surface area (Å²) in [5, 5.41) is 0. The van der Waals surface area contributed by atoms with Gasteiger partial charge in [-0.25, -0.2) is 15.0 Å². The van der Waals surface area contributed by atoms with Crippen LogP contribution in [0.1, 0.15) is 11.5 Å². The molecule has 0 fully saturated rings. The number of aromatic nitrogens is 5. The summed E-state index contributed by atoms with van der Waals surface area (Å²) in [4.78, 5) is 20.4. The van der Waals surface area contributed by atoms with Gasteiger partial charge in [0.15, 0.2) is 5.82 Å². The third kappa shape index (κ3) is 3.01. The van der Waals surface area contributed by atoms with Crippen molar-refractivity contribution < 1.29 is 0 Å². The Balaban J connectivity index is 1.66. The summed E-state index contributed by atoms with van der Waals surface area (Å²) in [6.45, 7) is 2.63. The van der Waals surface area contributed by atoms with E-state index in [0.717, 1.165) is 34.1 Å². The van der Waals surface area contributed by atoms with Crippen molar-refractivity contribution in [2.24, 2.45) is 7.05 Å². The van der Waals surface area contributed by atoms with Crippen LogP contribution in [0.15, 0.2) is 54.7 Å². The zero-order chi connectivity index (χ0) is 18.1. The van der Waals surface area contributed by atoms with E-state index >= 15 is 0 Å². The number of hydrogen-bond donors (Lipinski definition) is 0. The van der Waals surface area contributed by atoms with Crippen LogP contribution in [0, 0.1) is 6.92 Å². The first-order valence-corrected chi connectivity index (χ1v) is 8.50. The van der Waals surface area contributed by atoms with Gasteiger partial charge in [-0.3, -0.25) is 4.98 Å². The van der Waals surface area contributed by atoms with Crippen LogP contribution in [-0.4, -0.2) is 31.6 Å². The van der Waals surface area contributed by atoms with Gasteiger partial charge >= 0.3 is 0 Å². The lowest BCUT2D eigenvalue weighted by Crippen LogP contribution is -2.20. The molecule has 0 aliphatic carbocycles. The van der Waals surface area contributed by atoms with Gasteiger partial charge in [0.25, 0.3) is 0 Å². The predicted octanol–water partition coefficient (Wildman–Crippen LogP) is 3.37. The van der Waals surface area contributed by atoms with Gasteiger partial charge in [0.1, 0.15) is 17.3 Å². The summed E-state index contributed by atoms with van der Waals surface area (Å²) in [7, 11) is 4.06. The normalized spacial score (nSPS) is 11.0. The fourth-order valence-corrected chi connectivity index (χ4v) is 2.99. The Bertz CT molecular complexity index is 1050. The number of fused-ring (bicyclic) bond motifs is 1. The van der Waals surface area contributed by atoms with Gasteiger partial charge in [-0.05, 0) is 31.2 Å². The van der Waals surface area contributed by atoms with Crippen LogP contribution >= 0.6 is 0 Å². The van der Waals surface area contributed by atoms with Crippen LogP contribution in [-0.2, 0) is 13.6 Å². The minimum absolute atomic E-state index is 0.637. The Morgan fingerprint density at radius 3 is 2.58 bits per heavy atom. The summed E-state index contributed by atoms with van der Waals surface area (Å²) in [5.41, 5.74) is 3.82. The number of pyridine rings is 1. The molecule has 0 amide bonds. The van der Waals surface area contributed by atoms with Crippen molar-refractivity contribution in [2.45, 2.75) is 13.5 Å². The number of anilines is 1. The Labute approximate surface area is 152 Å². The zero-order valence-corrected chi connectivity index (χ0v) is 15.1. The minimum Gasteiger partial charge on any atom is -0.352 e. The quantitative estimate of drug-likeness (QED) is 0.568. The molecule has 26 heavy (non-hydrogen) atoms. The lowest BCUT2D eigenvalue weighted by atomic mass is 10.3. The Morgan fingerprint density at radius 1 is 1.00 bits per heavy atom. The molecule has 0 spiro atoms. The van der Waals surface area contributed by atoms with E-state index in [1.165, 1.54) is 0 Å². The van der Waals surface area contributed by atoms with Crippen LogP contribution in [0.4, 0.5) is 5.82 Å². The maximum Gasteiger partial charge on any atom is 0.180 e. The molecule has 0 radical (unpaired) electrons.